The topological polar surface area (TPSA) is 33.7 Å². The minimum atomic E-state index is 0.280. The molecule has 2 rings (SSSR count). The van der Waals surface area contributed by atoms with Gasteiger partial charge in [-0.1, -0.05) is 6.92 Å². The molecule has 3 atom stereocenters. The Morgan fingerprint density at radius 1 is 1.35 bits per heavy atom. The second kappa shape index (κ2) is 6.69. The lowest BCUT2D eigenvalue weighted by atomic mass is 9.98. The molecule has 4 heteroatoms. The van der Waals surface area contributed by atoms with E-state index in [1.165, 1.54) is 19.4 Å². The van der Waals surface area contributed by atoms with E-state index in [4.69, 9.17) is 9.47 Å². The first-order valence-electron chi connectivity index (χ1n) is 6.96. The van der Waals surface area contributed by atoms with E-state index in [-0.39, 0.29) is 6.10 Å². The molecule has 0 spiro atoms. The van der Waals surface area contributed by atoms with E-state index in [0.29, 0.717) is 12.1 Å². The van der Waals surface area contributed by atoms with Crippen molar-refractivity contribution in [1.29, 1.82) is 0 Å². The third-order valence-corrected chi connectivity index (χ3v) is 3.83. The summed E-state index contributed by atoms with van der Waals surface area (Å²) in [6, 6.07) is 1.35. The zero-order chi connectivity index (χ0) is 12.1. The molecular formula is C13H26N2O2. The van der Waals surface area contributed by atoms with Crippen molar-refractivity contribution in [3.63, 3.8) is 0 Å². The highest BCUT2D eigenvalue weighted by Crippen LogP contribution is 2.18. The molecule has 0 aliphatic carbocycles. The fourth-order valence-electron chi connectivity index (χ4n) is 2.87. The molecule has 2 aliphatic heterocycles. The van der Waals surface area contributed by atoms with E-state index < -0.39 is 0 Å². The summed E-state index contributed by atoms with van der Waals surface area (Å²) in [5, 5.41) is 3.56. The zero-order valence-corrected chi connectivity index (χ0v) is 11.2. The molecule has 0 amide bonds. The summed E-state index contributed by atoms with van der Waals surface area (Å²) < 4.78 is 11.2. The van der Waals surface area contributed by atoms with Gasteiger partial charge >= 0.3 is 0 Å². The molecule has 2 fully saturated rings. The van der Waals surface area contributed by atoms with E-state index in [9.17, 15) is 0 Å². The predicted octanol–water partition coefficient (Wildman–Crippen LogP) is 0.864. The van der Waals surface area contributed by atoms with Gasteiger partial charge in [-0.25, -0.2) is 0 Å². The van der Waals surface area contributed by atoms with Gasteiger partial charge in [-0.3, -0.25) is 4.90 Å². The molecular weight excluding hydrogens is 216 g/mol. The van der Waals surface area contributed by atoms with Crippen LogP contribution in [0.4, 0.5) is 0 Å². The highest BCUT2D eigenvalue weighted by Gasteiger charge is 2.27. The minimum Gasteiger partial charge on any atom is -0.376 e. The Morgan fingerprint density at radius 2 is 2.24 bits per heavy atom. The summed E-state index contributed by atoms with van der Waals surface area (Å²) in [4.78, 5) is 2.55. The van der Waals surface area contributed by atoms with Gasteiger partial charge in [0, 0.05) is 25.2 Å². The van der Waals surface area contributed by atoms with Gasteiger partial charge in [0.15, 0.2) is 0 Å². The number of nitrogens with zero attached hydrogens (tertiary/aromatic N) is 1. The third-order valence-electron chi connectivity index (χ3n) is 3.83. The molecule has 0 aromatic heterocycles. The summed E-state index contributed by atoms with van der Waals surface area (Å²) in [7, 11) is 0. The summed E-state index contributed by atoms with van der Waals surface area (Å²) in [5.41, 5.74) is 0. The average molecular weight is 242 g/mol. The number of nitrogens with one attached hydrogen (secondary N) is 1. The van der Waals surface area contributed by atoms with Crippen LogP contribution in [0, 0.1) is 0 Å². The standard InChI is InChI=1S/C13H26N2O2/c1-3-14-12-4-5-15(11(2)8-12)9-13-10-16-6-7-17-13/h11-14H,3-10H2,1-2H3. The van der Waals surface area contributed by atoms with Gasteiger partial charge in [0.05, 0.1) is 25.9 Å². The molecule has 1 N–H and O–H groups in total. The molecule has 100 valence electrons. The van der Waals surface area contributed by atoms with E-state index in [0.717, 1.165) is 32.9 Å². The van der Waals surface area contributed by atoms with E-state index >= 15 is 0 Å². The largest absolute Gasteiger partial charge is 0.376 e. The highest BCUT2D eigenvalue weighted by molar-refractivity contribution is 4.84. The monoisotopic (exact) mass is 242 g/mol. The Balaban J connectivity index is 1.74. The molecule has 0 aromatic carbocycles. The minimum absolute atomic E-state index is 0.280. The van der Waals surface area contributed by atoms with Crippen LogP contribution in [0.2, 0.25) is 0 Å². The Morgan fingerprint density at radius 3 is 2.88 bits per heavy atom. The molecule has 0 radical (unpaired) electrons. The van der Waals surface area contributed by atoms with Crippen molar-refractivity contribution in [2.24, 2.45) is 0 Å². The van der Waals surface area contributed by atoms with Crippen molar-refractivity contribution in [1.82, 2.24) is 10.2 Å². The number of rotatable bonds is 4. The molecule has 0 saturated carbocycles. The first-order valence-corrected chi connectivity index (χ1v) is 6.96. The zero-order valence-electron chi connectivity index (χ0n) is 11.2. The fourth-order valence-corrected chi connectivity index (χ4v) is 2.87. The van der Waals surface area contributed by atoms with Crippen LogP contribution in [0.5, 0.6) is 0 Å². The predicted molar refractivity (Wildman–Crippen MR) is 68.3 cm³/mol. The molecule has 0 bridgehead atoms. The second-order valence-corrected chi connectivity index (χ2v) is 5.19. The first kappa shape index (κ1) is 13.3. The summed E-state index contributed by atoms with van der Waals surface area (Å²) >= 11 is 0. The molecule has 0 aromatic rings. The maximum atomic E-state index is 5.72. The van der Waals surface area contributed by atoms with Crippen LogP contribution in [0.25, 0.3) is 0 Å². The highest BCUT2D eigenvalue weighted by atomic mass is 16.6. The van der Waals surface area contributed by atoms with Crippen LogP contribution in [0.1, 0.15) is 26.7 Å². The Kier molecular flexibility index (Phi) is 5.22. The normalized spacial score (nSPS) is 36.0. The van der Waals surface area contributed by atoms with Gasteiger partial charge in [0.25, 0.3) is 0 Å². The maximum absolute atomic E-state index is 5.72. The summed E-state index contributed by atoms with van der Waals surface area (Å²) in [6.07, 6.45) is 2.79. The van der Waals surface area contributed by atoms with Crippen molar-refractivity contribution in [3.8, 4) is 0 Å². The number of ether oxygens (including phenoxy) is 2. The van der Waals surface area contributed by atoms with Crippen molar-refractivity contribution in [2.45, 2.75) is 44.9 Å². The van der Waals surface area contributed by atoms with E-state index in [1.807, 2.05) is 0 Å². The van der Waals surface area contributed by atoms with Crippen LogP contribution in [0.3, 0.4) is 0 Å². The van der Waals surface area contributed by atoms with Gasteiger partial charge in [-0.2, -0.15) is 0 Å². The second-order valence-electron chi connectivity index (χ2n) is 5.19. The Hall–Kier alpha value is -0.160. The van der Waals surface area contributed by atoms with Crippen molar-refractivity contribution < 1.29 is 9.47 Å². The number of hydrogen-bond donors (Lipinski definition) is 1. The number of piperidine rings is 1. The lowest BCUT2D eigenvalue weighted by Gasteiger charge is -2.40. The van der Waals surface area contributed by atoms with Gasteiger partial charge in [0.2, 0.25) is 0 Å². The summed E-state index contributed by atoms with van der Waals surface area (Å²) in [6.45, 7) is 10.1. The maximum Gasteiger partial charge on any atom is 0.0936 e. The molecule has 17 heavy (non-hydrogen) atoms. The van der Waals surface area contributed by atoms with Gasteiger partial charge in [0.1, 0.15) is 0 Å². The molecule has 2 heterocycles. The quantitative estimate of drug-likeness (QED) is 0.793. The van der Waals surface area contributed by atoms with Crippen molar-refractivity contribution >= 4 is 0 Å². The Bertz CT molecular complexity index is 219. The smallest absolute Gasteiger partial charge is 0.0936 e. The van der Waals surface area contributed by atoms with Gasteiger partial charge in [-0.15, -0.1) is 0 Å². The van der Waals surface area contributed by atoms with E-state index in [1.54, 1.807) is 0 Å². The number of likely N-dealkylation sites (tertiary alicyclic amines) is 1. The van der Waals surface area contributed by atoms with E-state index in [2.05, 4.69) is 24.1 Å². The van der Waals surface area contributed by atoms with Crippen LogP contribution < -0.4 is 5.32 Å². The summed E-state index contributed by atoms with van der Waals surface area (Å²) in [5.74, 6) is 0. The van der Waals surface area contributed by atoms with Crippen LogP contribution in [-0.4, -0.2) is 62.5 Å². The van der Waals surface area contributed by atoms with Crippen LogP contribution in [0.15, 0.2) is 0 Å². The molecule has 4 nitrogen and oxygen atoms in total. The SMILES string of the molecule is CCNC1CCN(CC2COCCO2)C(C)C1. The van der Waals surface area contributed by atoms with Crippen molar-refractivity contribution in [2.75, 3.05) is 39.5 Å². The van der Waals surface area contributed by atoms with Crippen molar-refractivity contribution in [3.05, 3.63) is 0 Å². The Labute approximate surface area is 105 Å². The fraction of sp³-hybridized carbons (Fsp3) is 1.00. The molecule has 3 unspecified atom stereocenters. The first-order chi connectivity index (χ1) is 8.29. The average Bonchev–Trinajstić information content (AvgIpc) is 2.34. The number of hydrogen-bond acceptors (Lipinski definition) is 4. The van der Waals surface area contributed by atoms with Gasteiger partial charge < -0.3 is 14.8 Å². The van der Waals surface area contributed by atoms with Crippen LogP contribution in [-0.2, 0) is 9.47 Å². The molecule has 2 saturated heterocycles. The molecule has 2 aliphatic rings. The lowest BCUT2D eigenvalue weighted by Crippen LogP contribution is -2.51. The van der Waals surface area contributed by atoms with Crippen LogP contribution >= 0.6 is 0 Å². The lowest BCUT2D eigenvalue weighted by molar-refractivity contribution is -0.102. The van der Waals surface area contributed by atoms with Gasteiger partial charge in [-0.05, 0) is 26.3 Å². The third kappa shape index (κ3) is 3.91.